The van der Waals surface area contributed by atoms with Crippen LogP contribution >= 0.6 is 15.9 Å². The van der Waals surface area contributed by atoms with E-state index in [0.29, 0.717) is 6.04 Å². The third-order valence-corrected chi connectivity index (χ3v) is 3.99. The average Bonchev–Trinajstić information content (AvgIpc) is 2.47. The highest BCUT2D eigenvalue weighted by molar-refractivity contribution is 9.10. The van der Waals surface area contributed by atoms with Crippen molar-refractivity contribution in [3.05, 3.63) is 64.1 Å². The standard InChI is InChI=1S/C17H20BrNO/c1-12(14-7-9-16(18)10-8-14)19-13(2)15-5-4-6-17(11-15)20-3/h4-13,19H,1-3H3/t12-,13?/m1/s1. The summed E-state index contributed by atoms with van der Waals surface area (Å²) in [7, 11) is 1.70. The predicted molar refractivity (Wildman–Crippen MR) is 87.1 cm³/mol. The van der Waals surface area contributed by atoms with E-state index in [1.807, 2.05) is 12.1 Å². The molecule has 0 fully saturated rings. The number of methoxy groups -OCH3 is 1. The molecule has 2 nitrogen and oxygen atoms in total. The molecule has 2 aromatic carbocycles. The quantitative estimate of drug-likeness (QED) is 0.842. The molecule has 0 aliphatic carbocycles. The summed E-state index contributed by atoms with van der Waals surface area (Å²) >= 11 is 3.46. The first-order valence-electron chi connectivity index (χ1n) is 6.75. The minimum absolute atomic E-state index is 0.267. The zero-order valence-electron chi connectivity index (χ0n) is 12.1. The smallest absolute Gasteiger partial charge is 0.119 e. The highest BCUT2D eigenvalue weighted by Gasteiger charge is 2.11. The van der Waals surface area contributed by atoms with Crippen LogP contribution in [0.1, 0.15) is 37.1 Å². The van der Waals surface area contributed by atoms with Gasteiger partial charge in [0, 0.05) is 16.6 Å². The van der Waals surface area contributed by atoms with E-state index in [-0.39, 0.29) is 6.04 Å². The van der Waals surface area contributed by atoms with Crippen LogP contribution in [0, 0.1) is 0 Å². The molecule has 0 saturated heterocycles. The number of halogens is 1. The highest BCUT2D eigenvalue weighted by Crippen LogP contribution is 2.23. The molecule has 2 atom stereocenters. The summed E-state index contributed by atoms with van der Waals surface area (Å²) in [5.74, 6) is 0.896. The van der Waals surface area contributed by atoms with Gasteiger partial charge in [0.25, 0.3) is 0 Å². The van der Waals surface area contributed by atoms with Gasteiger partial charge in [-0.05, 0) is 49.2 Å². The van der Waals surface area contributed by atoms with Crippen LogP contribution < -0.4 is 10.1 Å². The van der Waals surface area contributed by atoms with Crippen LogP contribution in [0.4, 0.5) is 0 Å². The molecular weight excluding hydrogens is 314 g/mol. The Kier molecular flexibility index (Phi) is 5.21. The van der Waals surface area contributed by atoms with Crippen LogP contribution in [0.3, 0.4) is 0 Å². The number of benzene rings is 2. The summed E-state index contributed by atoms with van der Waals surface area (Å²) in [5.41, 5.74) is 2.51. The van der Waals surface area contributed by atoms with Crippen molar-refractivity contribution in [2.24, 2.45) is 0 Å². The monoisotopic (exact) mass is 333 g/mol. The molecule has 106 valence electrons. The predicted octanol–water partition coefficient (Wildman–Crippen LogP) is 4.87. The van der Waals surface area contributed by atoms with Crippen molar-refractivity contribution in [2.75, 3.05) is 7.11 Å². The maximum absolute atomic E-state index is 5.27. The molecule has 2 aromatic rings. The van der Waals surface area contributed by atoms with E-state index in [4.69, 9.17) is 4.74 Å². The summed E-state index contributed by atoms with van der Waals surface area (Å²) < 4.78 is 6.38. The molecule has 0 aliphatic rings. The Morgan fingerprint density at radius 2 is 1.60 bits per heavy atom. The van der Waals surface area contributed by atoms with Gasteiger partial charge in [0.05, 0.1) is 7.11 Å². The van der Waals surface area contributed by atoms with Gasteiger partial charge in [-0.1, -0.05) is 40.2 Å². The summed E-state index contributed by atoms with van der Waals surface area (Å²) in [5, 5.41) is 3.61. The zero-order valence-corrected chi connectivity index (χ0v) is 13.6. The van der Waals surface area contributed by atoms with Crippen molar-refractivity contribution in [2.45, 2.75) is 25.9 Å². The Morgan fingerprint density at radius 1 is 0.950 bits per heavy atom. The summed E-state index contributed by atoms with van der Waals surface area (Å²) in [4.78, 5) is 0. The number of hydrogen-bond acceptors (Lipinski definition) is 2. The lowest BCUT2D eigenvalue weighted by Crippen LogP contribution is -2.22. The minimum atomic E-state index is 0.267. The molecule has 0 aromatic heterocycles. The number of ether oxygens (including phenoxy) is 1. The third-order valence-electron chi connectivity index (χ3n) is 3.46. The molecule has 1 N–H and O–H groups in total. The van der Waals surface area contributed by atoms with Crippen LogP contribution in [0.2, 0.25) is 0 Å². The maximum atomic E-state index is 5.27. The van der Waals surface area contributed by atoms with E-state index >= 15 is 0 Å². The number of hydrogen-bond donors (Lipinski definition) is 1. The second-order valence-electron chi connectivity index (χ2n) is 4.94. The van der Waals surface area contributed by atoms with Crippen molar-refractivity contribution < 1.29 is 4.74 Å². The first-order valence-corrected chi connectivity index (χ1v) is 7.55. The van der Waals surface area contributed by atoms with Gasteiger partial charge in [0.1, 0.15) is 5.75 Å². The fourth-order valence-corrected chi connectivity index (χ4v) is 2.49. The molecule has 0 bridgehead atoms. The molecule has 0 amide bonds. The van der Waals surface area contributed by atoms with Crippen molar-refractivity contribution in [3.8, 4) is 5.75 Å². The topological polar surface area (TPSA) is 21.3 Å². The maximum Gasteiger partial charge on any atom is 0.119 e. The van der Waals surface area contributed by atoms with Crippen molar-refractivity contribution in [3.63, 3.8) is 0 Å². The Morgan fingerprint density at radius 3 is 2.25 bits per heavy atom. The second-order valence-corrected chi connectivity index (χ2v) is 5.85. The van der Waals surface area contributed by atoms with Crippen LogP contribution in [0.15, 0.2) is 53.0 Å². The molecule has 0 heterocycles. The molecule has 1 unspecified atom stereocenters. The molecule has 20 heavy (non-hydrogen) atoms. The van der Waals surface area contributed by atoms with Crippen LogP contribution in [0.5, 0.6) is 5.75 Å². The Bertz CT molecular complexity index is 553. The Hall–Kier alpha value is -1.32. The molecule has 3 heteroatoms. The van der Waals surface area contributed by atoms with Gasteiger partial charge in [-0.15, -0.1) is 0 Å². The van der Waals surface area contributed by atoms with Crippen LogP contribution in [0.25, 0.3) is 0 Å². The lowest BCUT2D eigenvalue weighted by molar-refractivity contribution is 0.412. The van der Waals surface area contributed by atoms with Gasteiger partial charge >= 0.3 is 0 Å². The van der Waals surface area contributed by atoms with Gasteiger partial charge in [-0.25, -0.2) is 0 Å². The van der Waals surface area contributed by atoms with Crippen LogP contribution in [-0.2, 0) is 0 Å². The van der Waals surface area contributed by atoms with Crippen molar-refractivity contribution >= 4 is 15.9 Å². The molecule has 0 radical (unpaired) electrons. The molecule has 2 rings (SSSR count). The van der Waals surface area contributed by atoms with E-state index in [2.05, 4.69) is 71.5 Å². The molecule has 0 saturated carbocycles. The van der Waals surface area contributed by atoms with E-state index < -0.39 is 0 Å². The van der Waals surface area contributed by atoms with Gasteiger partial charge in [-0.3, -0.25) is 0 Å². The summed E-state index contributed by atoms with van der Waals surface area (Å²) in [6, 6.07) is 17.2. The van der Waals surface area contributed by atoms with E-state index in [1.54, 1.807) is 7.11 Å². The fraction of sp³-hybridized carbons (Fsp3) is 0.294. The molecule has 0 aliphatic heterocycles. The second kappa shape index (κ2) is 6.91. The lowest BCUT2D eigenvalue weighted by Gasteiger charge is -2.21. The van der Waals surface area contributed by atoms with Gasteiger partial charge in [0.15, 0.2) is 0 Å². The van der Waals surface area contributed by atoms with Crippen molar-refractivity contribution in [1.29, 1.82) is 0 Å². The SMILES string of the molecule is COc1cccc(C(C)N[C@H](C)c2ccc(Br)cc2)c1. The van der Waals surface area contributed by atoms with E-state index in [0.717, 1.165) is 10.2 Å². The van der Waals surface area contributed by atoms with E-state index in [9.17, 15) is 0 Å². The molecule has 0 spiro atoms. The van der Waals surface area contributed by atoms with Gasteiger partial charge in [-0.2, -0.15) is 0 Å². The fourth-order valence-electron chi connectivity index (χ4n) is 2.23. The largest absolute Gasteiger partial charge is 0.497 e. The summed E-state index contributed by atoms with van der Waals surface area (Å²) in [6.45, 7) is 4.35. The number of rotatable bonds is 5. The minimum Gasteiger partial charge on any atom is -0.497 e. The third kappa shape index (κ3) is 3.84. The van der Waals surface area contributed by atoms with Crippen molar-refractivity contribution in [1.82, 2.24) is 5.32 Å². The highest BCUT2D eigenvalue weighted by atomic mass is 79.9. The first-order chi connectivity index (χ1) is 9.60. The van der Waals surface area contributed by atoms with Gasteiger partial charge in [0.2, 0.25) is 0 Å². The number of nitrogens with one attached hydrogen (secondary N) is 1. The average molecular weight is 334 g/mol. The first kappa shape index (κ1) is 15.1. The normalized spacial score (nSPS) is 13.8. The van der Waals surface area contributed by atoms with Crippen LogP contribution in [-0.4, -0.2) is 7.11 Å². The summed E-state index contributed by atoms with van der Waals surface area (Å²) in [6.07, 6.45) is 0. The van der Waals surface area contributed by atoms with E-state index in [1.165, 1.54) is 11.1 Å². The zero-order chi connectivity index (χ0) is 14.5. The lowest BCUT2D eigenvalue weighted by atomic mass is 10.0. The molecular formula is C17H20BrNO. The van der Waals surface area contributed by atoms with Gasteiger partial charge < -0.3 is 10.1 Å². The Balaban J connectivity index is 2.06. The Labute approximate surface area is 129 Å².